The summed E-state index contributed by atoms with van der Waals surface area (Å²) in [6, 6.07) is 21.3. The van der Waals surface area contributed by atoms with E-state index in [1.54, 1.807) is 0 Å². The number of benzene rings is 2. The normalized spacial score (nSPS) is 22.1. The summed E-state index contributed by atoms with van der Waals surface area (Å²) in [6.45, 7) is 0. The molecule has 0 radical (unpaired) electrons. The Hall–Kier alpha value is -2.07. The van der Waals surface area contributed by atoms with E-state index in [0.717, 1.165) is 5.56 Å². The fourth-order valence-corrected chi connectivity index (χ4v) is 3.43. The average Bonchev–Trinajstić information content (AvgIpc) is 2.56. The Labute approximate surface area is 120 Å². The molecule has 0 heterocycles. The third-order valence-electron chi connectivity index (χ3n) is 4.46. The molecule has 2 aromatic carbocycles. The molecule has 1 aliphatic rings. The largest absolute Gasteiger partial charge is 0.192 e. The van der Waals surface area contributed by atoms with Gasteiger partial charge in [-0.15, -0.1) is 0 Å². The predicted octanol–water partition coefficient (Wildman–Crippen LogP) is 5.00. The zero-order valence-corrected chi connectivity index (χ0v) is 11.6. The molecule has 20 heavy (non-hydrogen) atoms. The van der Waals surface area contributed by atoms with Gasteiger partial charge in [-0.3, -0.25) is 0 Å². The average molecular weight is 261 g/mol. The van der Waals surface area contributed by atoms with Gasteiger partial charge in [-0.05, 0) is 47.9 Å². The molecule has 1 nitrogen and oxygen atoms in total. The Morgan fingerprint density at radius 1 is 0.750 bits per heavy atom. The van der Waals surface area contributed by atoms with Crippen LogP contribution in [0.5, 0.6) is 0 Å². The molecule has 0 bridgehead atoms. The number of hydrogen-bond donors (Lipinski definition) is 0. The van der Waals surface area contributed by atoms with Crippen LogP contribution in [0.2, 0.25) is 0 Å². The van der Waals surface area contributed by atoms with Crippen LogP contribution in [-0.4, -0.2) is 0 Å². The Morgan fingerprint density at radius 2 is 1.30 bits per heavy atom. The lowest BCUT2D eigenvalue weighted by molar-refractivity contribution is 0.386. The maximum Gasteiger partial charge on any atom is 0.0991 e. The molecule has 2 unspecified atom stereocenters. The molecule has 1 saturated carbocycles. The third kappa shape index (κ3) is 2.60. The second-order valence-electron chi connectivity index (χ2n) is 5.64. The number of hydrogen-bond acceptors (Lipinski definition) is 1. The van der Waals surface area contributed by atoms with E-state index in [-0.39, 0.29) is 0 Å². The standard InChI is InChI=1S/C19H19N/c20-14-15-10-12-17(13-11-15)19-9-5-4-8-18(19)16-6-2-1-3-7-16/h1-3,6-7,10-13,18-19H,4-5,8-9H2. The van der Waals surface area contributed by atoms with Crippen LogP contribution in [-0.2, 0) is 0 Å². The molecule has 0 amide bonds. The Bertz CT molecular complexity index is 592. The van der Waals surface area contributed by atoms with Crippen LogP contribution in [0, 0.1) is 11.3 Å². The Morgan fingerprint density at radius 3 is 1.85 bits per heavy atom. The summed E-state index contributed by atoms with van der Waals surface area (Å²) in [4.78, 5) is 0. The van der Waals surface area contributed by atoms with Crippen LogP contribution in [0.1, 0.15) is 54.2 Å². The minimum Gasteiger partial charge on any atom is -0.192 e. The smallest absolute Gasteiger partial charge is 0.0991 e. The van der Waals surface area contributed by atoms with E-state index < -0.39 is 0 Å². The SMILES string of the molecule is N#Cc1ccc(C2CCCCC2c2ccccc2)cc1. The minimum absolute atomic E-state index is 0.596. The van der Waals surface area contributed by atoms with Crippen molar-refractivity contribution in [2.75, 3.05) is 0 Å². The molecular weight excluding hydrogens is 242 g/mol. The van der Waals surface area contributed by atoms with Gasteiger partial charge in [0.25, 0.3) is 0 Å². The van der Waals surface area contributed by atoms with Crippen molar-refractivity contribution in [1.29, 1.82) is 5.26 Å². The van der Waals surface area contributed by atoms with Crippen molar-refractivity contribution in [3.05, 3.63) is 71.3 Å². The zero-order chi connectivity index (χ0) is 13.8. The second kappa shape index (κ2) is 5.92. The molecule has 0 spiro atoms. The molecule has 2 aromatic rings. The quantitative estimate of drug-likeness (QED) is 0.746. The third-order valence-corrected chi connectivity index (χ3v) is 4.46. The topological polar surface area (TPSA) is 23.8 Å². The molecule has 3 rings (SSSR count). The van der Waals surface area contributed by atoms with E-state index in [2.05, 4.69) is 48.5 Å². The Kier molecular flexibility index (Phi) is 3.83. The molecule has 0 aromatic heterocycles. The fourth-order valence-electron chi connectivity index (χ4n) is 3.43. The first-order valence-corrected chi connectivity index (χ1v) is 7.43. The summed E-state index contributed by atoms with van der Waals surface area (Å²) in [6.07, 6.45) is 5.17. The lowest BCUT2D eigenvalue weighted by atomic mass is 9.72. The van der Waals surface area contributed by atoms with Gasteiger partial charge in [0.15, 0.2) is 0 Å². The number of nitrogens with zero attached hydrogens (tertiary/aromatic N) is 1. The van der Waals surface area contributed by atoms with Gasteiger partial charge in [-0.1, -0.05) is 55.3 Å². The van der Waals surface area contributed by atoms with Crippen molar-refractivity contribution in [2.45, 2.75) is 37.5 Å². The number of nitriles is 1. The summed E-state index contributed by atoms with van der Waals surface area (Å²) in [7, 11) is 0. The first-order valence-electron chi connectivity index (χ1n) is 7.43. The lowest BCUT2D eigenvalue weighted by Crippen LogP contribution is -2.16. The molecule has 1 heteroatoms. The molecular formula is C19H19N. The molecule has 2 atom stereocenters. The van der Waals surface area contributed by atoms with E-state index >= 15 is 0 Å². The molecule has 1 aliphatic carbocycles. The van der Waals surface area contributed by atoms with Crippen molar-refractivity contribution in [3.8, 4) is 6.07 Å². The van der Waals surface area contributed by atoms with Gasteiger partial charge >= 0.3 is 0 Å². The molecule has 1 fully saturated rings. The summed E-state index contributed by atoms with van der Waals surface area (Å²) >= 11 is 0. The highest BCUT2D eigenvalue weighted by Crippen LogP contribution is 2.43. The summed E-state index contributed by atoms with van der Waals surface area (Å²) < 4.78 is 0. The minimum atomic E-state index is 0.596. The van der Waals surface area contributed by atoms with Crippen LogP contribution in [0.15, 0.2) is 54.6 Å². The monoisotopic (exact) mass is 261 g/mol. The van der Waals surface area contributed by atoms with Crippen LogP contribution in [0.4, 0.5) is 0 Å². The van der Waals surface area contributed by atoms with Crippen molar-refractivity contribution in [3.63, 3.8) is 0 Å². The highest BCUT2D eigenvalue weighted by atomic mass is 14.3. The van der Waals surface area contributed by atoms with Gasteiger partial charge in [0.2, 0.25) is 0 Å². The van der Waals surface area contributed by atoms with Crippen molar-refractivity contribution >= 4 is 0 Å². The highest BCUT2D eigenvalue weighted by molar-refractivity contribution is 5.35. The van der Waals surface area contributed by atoms with E-state index in [9.17, 15) is 0 Å². The summed E-state index contributed by atoms with van der Waals surface area (Å²) in [5.74, 6) is 1.22. The molecule has 0 saturated heterocycles. The highest BCUT2D eigenvalue weighted by Gasteiger charge is 2.27. The maximum absolute atomic E-state index is 8.92. The molecule has 0 N–H and O–H groups in total. The maximum atomic E-state index is 8.92. The van der Waals surface area contributed by atoms with Gasteiger partial charge in [0.1, 0.15) is 0 Å². The van der Waals surface area contributed by atoms with Gasteiger partial charge in [0, 0.05) is 0 Å². The van der Waals surface area contributed by atoms with E-state index in [4.69, 9.17) is 5.26 Å². The summed E-state index contributed by atoms with van der Waals surface area (Å²) in [5.41, 5.74) is 3.60. The van der Waals surface area contributed by atoms with Crippen molar-refractivity contribution < 1.29 is 0 Å². The Balaban J connectivity index is 1.90. The fraction of sp³-hybridized carbons (Fsp3) is 0.316. The zero-order valence-electron chi connectivity index (χ0n) is 11.6. The molecule has 100 valence electrons. The van der Waals surface area contributed by atoms with Gasteiger partial charge in [-0.2, -0.15) is 5.26 Å². The van der Waals surface area contributed by atoms with Crippen LogP contribution < -0.4 is 0 Å². The van der Waals surface area contributed by atoms with Gasteiger partial charge < -0.3 is 0 Å². The second-order valence-corrected chi connectivity index (χ2v) is 5.64. The first kappa shape index (κ1) is 12.9. The van der Waals surface area contributed by atoms with Gasteiger partial charge in [0.05, 0.1) is 11.6 Å². The van der Waals surface area contributed by atoms with E-state index in [1.165, 1.54) is 36.8 Å². The van der Waals surface area contributed by atoms with E-state index in [0.29, 0.717) is 11.8 Å². The van der Waals surface area contributed by atoms with Crippen LogP contribution >= 0.6 is 0 Å². The van der Waals surface area contributed by atoms with Crippen LogP contribution in [0.3, 0.4) is 0 Å². The molecule has 0 aliphatic heterocycles. The summed E-state index contributed by atoms with van der Waals surface area (Å²) in [5, 5.41) is 8.92. The lowest BCUT2D eigenvalue weighted by Gasteiger charge is -2.32. The van der Waals surface area contributed by atoms with E-state index in [1.807, 2.05) is 12.1 Å². The van der Waals surface area contributed by atoms with Gasteiger partial charge in [-0.25, -0.2) is 0 Å². The number of rotatable bonds is 2. The van der Waals surface area contributed by atoms with Crippen molar-refractivity contribution in [1.82, 2.24) is 0 Å². The van der Waals surface area contributed by atoms with Crippen molar-refractivity contribution in [2.24, 2.45) is 0 Å². The van der Waals surface area contributed by atoms with Crippen LogP contribution in [0.25, 0.3) is 0 Å². The first-order chi connectivity index (χ1) is 9.88. The predicted molar refractivity (Wildman–Crippen MR) is 81.5 cm³/mol.